The van der Waals surface area contributed by atoms with E-state index >= 15 is 13.2 Å². The number of aryl methyl sites for hydroxylation is 1. The number of piperidine rings is 1. The van der Waals surface area contributed by atoms with Crippen molar-refractivity contribution in [2.45, 2.75) is 89.1 Å². The van der Waals surface area contributed by atoms with Crippen molar-refractivity contribution in [3.63, 3.8) is 0 Å². The monoisotopic (exact) mass is 661 g/mol. The van der Waals surface area contributed by atoms with Crippen LogP contribution >= 0.6 is 0 Å². The third kappa shape index (κ3) is 7.79. The van der Waals surface area contributed by atoms with E-state index < -0.39 is 39.6 Å². The lowest BCUT2D eigenvalue weighted by Crippen LogP contribution is -2.30. The molecule has 0 unspecified atom stereocenters. The summed E-state index contributed by atoms with van der Waals surface area (Å²) in [7, 11) is -3.16. The van der Waals surface area contributed by atoms with Gasteiger partial charge in [-0.15, -0.1) is 0 Å². The summed E-state index contributed by atoms with van der Waals surface area (Å²) in [5.74, 6) is -4.11. The number of benzene rings is 1. The smallest absolute Gasteiger partial charge is 0.276 e. The van der Waals surface area contributed by atoms with Crippen LogP contribution in [-0.4, -0.2) is 53.8 Å². The molecule has 0 radical (unpaired) electrons. The molecular formula is C33H42F3N5O4S. The topological polar surface area (TPSA) is 123 Å². The second-order valence-electron chi connectivity index (χ2n) is 12.6. The summed E-state index contributed by atoms with van der Waals surface area (Å²) in [4.78, 5) is 33.4. The number of sulfone groups is 1. The number of nitrogens with one attached hydrogen (secondary N) is 2. The average molecular weight is 662 g/mol. The molecule has 1 aromatic carbocycles. The zero-order chi connectivity index (χ0) is 32.9. The molecule has 13 heteroatoms. The van der Waals surface area contributed by atoms with Gasteiger partial charge in [-0.1, -0.05) is 18.2 Å². The molecule has 5 rings (SSSR count). The molecule has 3 aromatic rings. The predicted molar refractivity (Wildman–Crippen MR) is 172 cm³/mol. The lowest BCUT2D eigenvalue weighted by atomic mass is 9.89. The van der Waals surface area contributed by atoms with E-state index in [1.807, 2.05) is 0 Å². The number of hydrogen-bond donors (Lipinski definition) is 2. The number of carbonyl (C=O) groups is 1. The molecule has 4 heterocycles. The normalized spacial score (nSPS) is 18.4. The zero-order valence-corrected chi connectivity index (χ0v) is 26.9. The number of pyridine rings is 1. The number of carbonyl (C=O) groups excluding carboxylic acids is 1. The Morgan fingerprint density at radius 2 is 1.87 bits per heavy atom. The minimum Gasteiger partial charge on any atom is -0.363 e. The van der Waals surface area contributed by atoms with Crippen molar-refractivity contribution < 1.29 is 26.4 Å². The van der Waals surface area contributed by atoms with Crippen LogP contribution in [-0.2, 0) is 27.1 Å². The molecule has 0 aliphatic carbocycles. The highest BCUT2D eigenvalue weighted by atomic mass is 32.2. The molecule has 2 saturated heterocycles. The second-order valence-corrected chi connectivity index (χ2v) is 14.9. The lowest BCUT2D eigenvalue weighted by molar-refractivity contribution is -0.107. The molecule has 0 bridgehead atoms. The maximum Gasteiger partial charge on any atom is 0.276 e. The van der Waals surface area contributed by atoms with Gasteiger partial charge in [-0.3, -0.25) is 9.36 Å². The molecule has 2 aromatic heterocycles. The van der Waals surface area contributed by atoms with Crippen LogP contribution in [0, 0.1) is 11.7 Å². The summed E-state index contributed by atoms with van der Waals surface area (Å²) in [5, 5.41) is 6.88. The molecule has 2 fully saturated rings. The number of rotatable bonds is 13. The Morgan fingerprint density at radius 1 is 1.13 bits per heavy atom. The van der Waals surface area contributed by atoms with Gasteiger partial charge in [0.15, 0.2) is 0 Å². The number of halogens is 3. The minimum absolute atomic E-state index is 0.0139. The van der Waals surface area contributed by atoms with Gasteiger partial charge in [0.05, 0.1) is 28.5 Å². The van der Waals surface area contributed by atoms with Crippen molar-refractivity contribution in [3.8, 4) is 0 Å². The number of anilines is 1. The van der Waals surface area contributed by atoms with E-state index in [0.717, 1.165) is 38.3 Å². The largest absolute Gasteiger partial charge is 0.363 e. The summed E-state index contributed by atoms with van der Waals surface area (Å²) >= 11 is 0. The van der Waals surface area contributed by atoms with E-state index in [4.69, 9.17) is 0 Å². The Morgan fingerprint density at radius 3 is 2.59 bits per heavy atom. The second kappa shape index (κ2) is 14.6. The number of aldehydes is 1. The van der Waals surface area contributed by atoms with Gasteiger partial charge in [0.1, 0.15) is 39.7 Å². The van der Waals surface area contributed by atoms with Crippen molar-refractivity contribution in [1.82, 2.24) is 19.9 Å². The molecule has 2 aliphatic rings. The average Bonchev–Trinajstić information content (AvgIpc) is 3.03. The highest BCUT2D eigenvalue weighted by molar-refractivity contribution is 7.91. The van der Waals surface area contributed by atoms with E-state index in [-0.39, 0.29) is 41.0 Å². The molecule has 250 valence electrons. The maximum absolute atomic E-state index is 15.8. The Balaban J connectivity index is 1.45. The third-order valence-corrected chi connectivity index (χ3v) is 11.1. The van der Waals surface area contributed by atoms with E-state index in [1.54, 1.807) is 13.0 Å². The van der Waals surface area contributed by atoms with Gasteiger partial charge in [0, 0.05) is 30.5 Å². The number of fused-ring (bicyclic) bond motifs is 1. The molecule has 0 spiro atoms. The number of nitrogens with zero attached hydrogens (tertiary/aromatic N) is 3. The number of aromatic nitrogens is 3. The third-order valence-electron chi connectivity index (χ3n) is 9.43. The first-order chi connectivity index (χ1) is 22.0. The van der Waals surface area contributed by atoms with Gasteiger partial charge < -0.3 is 15.4 Å². The fourth-order valence-electron chi connectivity index (χ4n) is 6.66. The van der Waals surface area contributed by atoms with E-state index in [0.29, 0.717) is 60.9 Å². The first-order valence-electron chi connectivity index (χ1n) is 16.2. The number of unbranched alkanes of at least 4 members (excludes halogenated alkanes) is 2. The van der Waals surface area contributed by atoms with Gasteiger partial charge in [-0.2, -0.15) is 0 Å². The number of alkyl halides is 2. The molecule has 46 heavy (non-hydrogen) atoms. The van der Waals surface area contributed by atoms with E-state index in [9.17, 15) is 18.0 Å². The molecule has 0 saturated carbocycles. The van der Waals surface area contributed by atoms with Gasteiger partial charge in [-0.25, -0.2) is 31.6 Å². The summed E-state index contributed by atoms with van der Waals surface area (Å²) in [6.07, 6.45) is 5.78. The Labute approximate surface area is 267 Å². The van der Waals surface area contributed by atoms with Crippen LogP contribution in [0.5, 0.6) is 0 Å². The highest BCUT2D eigenvalue weighted by Crippen LogP contribution is 2.39. The standard InChI is InChI=1S/C33H42F3N5O4S/c1-22(25-6-5-7-28(29(25)34)33(35,36)13-8-23-9-14-37-15-10-23)40-30-27-20-26(24-11-18-46(44,45)19-12-24)32(43)41(16-3-2-4-17-42)31(27)39-21-38-30/h5-7,17,20-24,37H,2-4,8-16,18-19H2,1H3,(H,38,39,40)/t22-/m1/s1. The molecular weight excluding hydrogens is 619 g/mol. The van der Waals surface area contributed by atoms with Crippen LogP contribution < -0.4 is 16.2 Å². The van der Waals surface area contributed by atoms with Crippen LogP contribution in [0.2, 0.25) is 0 Å². The van der Waals surface area contributed by atoms with Crippen molar-refractivity contribution in [2.75, 3.05) is 29.9 Å². The van der Waals surface area contributed by atoms with E-state index in [1.165, 1.54) is 23.0 Å². The zero-order valence-electron chi connectivity index (χ0n) is 26.1. The summed E-state index contributed by atoms with van der Waals surface area (Å²) < 4.78 is 72.3. The van der Waals surface area contributed by atoms with Crippen molar-refractivity contribution >= 4 is 33.0 Å². The van der Waals surface area contributed by atoms with Gasteiger partial charge in [-0.05, 0) is 82.9 Å². The minimum atomic E-state index is -3.32. The molecule has 1 atom stereocenters. The quantitative estimate of drug-likeness (QED) is 0.178. The molecule has 2 aliphatic heterocycles. The van der Waals surface area contributed by atoms with Gasteiger partial charge in [0.25, 0.3) is 11.5 Å². The molecule has 2 N–H and O–H groups in total. The van der Waals surface area contributed by atoms with Crippen LogP contribution in [0.3, 0.4) is 0 Å². The molecule has 9 nitrogen and oxygen atoms in total. The fourth-order valence-corrected chi connectivity index (χ4v) is 8.15. The van der Waals surface area contributed by atoms with Crippen LogP contribution in [0.15, 0.2) is 35.4 Å². The maximum atomic E-state index is 15.8. The summed E-state index contributed by atoms with van der Waals surface area (Å²) in [6, 6.07) is 4.97. The first-order valence-corrected chi connectivity index (χ1v) is 18.0. The first kappa shape index (κ1) is 34.0. The molecule has 0 amide bonds. The fraction of sp³-hybridized carbons (Fsp3) is 0.576. The number of hydrogen-bond acceptors (Lipinski definition) is 8. The van der Waals surface area contributed by atoms with E-state index in [2.05, 4.69) is 20.6 Å². The van der Waals surface area contributed by atoms with Crippen LogP contribution in [0.1, 0.15) is 93.4 Å². The van der Waals surface area contributed by atoms with Crippen molar-refractivity contribution in [2.24, 2.45) is 5.92 Å². The van der Waals surface area contributed by atoms with Gasteiger partial charge in [0.2, 0.25) is 0 Å². The predicted octanol–water partition coefficient (Wildman–Crippen LogP) is 5.64. The highest BCUT2D eigenvalue weighted by Gasteiger charge is 2.36. The SMILES string of the molecule is C[C@@H](Nc1ncnc2c1cc(C1CCS(=O)(=O)CC1)c(=O)n2CCCCC=O)c1cccc(C(F)(F)CCC2CCNCC2)c1F. The van der Waals surface area contributed by atoms with Crippen molar-refractivity contribution in [1.29, 1.82) is 0 Å². The Bertz CT molecular complexity index is 1700. The van der Waals surface area contributed by atoms with Crippen LogP contribution in [0.4, 0.5) is 19.0 Å². The van der Waals surface area contributed by atoms with Crippen LogP contribution in [0.25, 0.3) is 11.0 Å². The Hall–Kier alpha value is -3.32. The summed E-state index contributed by atoms with van der Waals surface area (Å²) in [6.45, 7) is 3.56. The summed E-state index contributed by atoms with van der Waals surface area (Å²) in [5.41, 5.74) is -0.0490. The van der Waals surface area contributed by atoms with Gasteiger partial charge >= 0.3 is 0 Å². The van der Waals surface area contributed by atoms with Crippen molar-refractivity contribution in [3.05, 3.63) is 63.5 Å². The lowest BCUT2D eigenvalue weighted by Gasteiger charge is -2.26. The Kier molecular flexibility index (Phi) is 10.8.